The van der Waals surface area contributed by atoms with Crippen molar-refractivity contribution in [2.75, 3.05) is 6.26 Å². The average Bonchev–Trinajstić information content (AvgIpc) is 2.07. The molecule has 0 N–H and O–H groups in total. The molecule has 1 aromatic heterocycles. The van der Waals surface area contributed by atoms with Crippen LogP contribution in [0, 0.1) is 31.1 Å². The summed E-state index contributed by atoms with van der Waals surface area (Å²) in [6.07, 6.45) is 5.33. The normalized spacial score (nSPS) is 8.75. The van der Waals surface area contributed by atoms with Crippen LogP contribution < -0.4 is 0 Å². The van der Waals surface area contributed by atoms with Crippen LogP contribution in [-0.4, -0.2) is 17.5 Å². The molecule has 4 heteroatoms. The van der Waals surface area contributed by atoms with Crippen LogP contribution >= 0.6 is 11.8 Å². The number of nitrogens with zero attached hydrogens (tertiary/aromatic N) is 1. The van der Waals surface area contributed by atoms with Crippen LogP contribution in [0.4, 0.5) is 0 Å². The second-order valence-electron chi connectivity index (χ2n) is 2.07. The molecule has 12 heavy (non-hydrogen) atoms. The molecule has 0 bridgehead atoms. The maximum Gasteiger partial charge on any atom is 0.0641 e. The van der Waals surface area contributed by atoms with Gasteiger partial charge in [0, 0.05) is 42.6 Å². The molecular formula is C8H8NOSU-. The summed E-state index contributed by atoms with van der Waals surface area (Å²) in [5.41, 5.74) is 1.51. The monoisotopic (exact) mass is 404 g/mol. The largest absolute Gasteiger partial charge is 0.376 e. The first-order chi connectivity index (χ1) is 5.36. The van der Waals surface area contributed by atoms with E-state index in [2.05, 4.69) is 4.98 Å². The van der Waals surface area contributed by atoms with Gasteiger partial charge in [-0.2, -0.15) is 17.8 Å². The summed E-state index contributed by atoms with van der Waals surface area (Å²) < 4.78 is 0. The summed E-state index contributed by atoms with van der Waals surface area (Å²) >= 11 is 1.71. The van der Waals surface area contributed by atoms with Gasteiger partial charge >= 0.3 is 0 Å². The molecule has 0 aliphatic carbocycles. The standard InChI is InChI=1S/C8H8NOS.U/c1-11-6-8-3-2-7(5-10)4-9-8;/h2-4H,6H2,1H3;/q-1;. The Morgan fingerprint density at radius 1 is 1.58 bits per heavy atom. The molecule has 0 aliphatic rings. The third-order valence-electron chi connectivity index (χ3n) is 1.23. The summed E-state index contributed by atoms with van der Waals surface area (Å²) in [5.74, 6) is 0.888. The minimum Gasteiger partial charge on any atom is -0.376 e. The van der Waals surface area contributed by atoms with Crippen LogP contribution in [0.2, 0.25) is 0 Å². The summed E-state index contributed by atoms with van der Waals surface area (Å²) in [7, 11) is 0. The van der Waals surface area contributed by atoms with E-state index in [1.165, 1.54) is 0 Å². The number of aromatic nitrogens is 1. The summed E-state index contributed by atoms with van der Waals surface area (Å²) in [4.78, 5) is 14.2. The first-order valence-corrected chi connectivity index (χ1v) is 4.58. The number of hydrogen-bond donors (Lipinski definition) is 0. The predicted molar refractivity (Wildman–Crippen MR) is 46.3 cm³/mol. The second-order valence-corrected chi connectivity index (χ2v) is 2.94. The van der Waals surface area contributed by atoms with E-state index in [1.54, 1.807) is 30.3 Å². The molecule has 0 atom stereocenters. The molecule has 0 saturated carbocycles. The van der Waals surface area contributed by atoms with Crippen LogP contribution in [-0.2, 0) is 10.5 Å². The van der Waals surface area contributed by atoms with E-state index >= 15 is 0 Å². The van der Waals surface area contributed by atoms with Crippen molar-refractivity contribution in [3.8, 4) is 0 Å². The number of rotatable bonds is 3. The van der Waals surface area contributed by atoms with Gasteiger partial charge < -0.3 is 9.78 Å². The van der Waals surface area contributed by atoms with Gasteiger partial charge in [0.25, 0.3) is 0 Å². The van der Waals surface area contributed by atoms with Gasteiger partial charge in [-0.15, -0.1) is 5.56 Å². The van der Waals surface area contributed by atoms with Crippen LogP contribution in [0.1, 0.15) is 11.3 Å². The van der Waals surface area contributed by atoms with Crippen LogP contribution in [0.25, 0.3) is 0 Å². The maximum atomic E-state index is 10.1. The maximum absolute atomic E-state index is 10.1. The fourth-order valence-electron chi connectivity index (χ4n) is 0.718. The molecule has 1 heterocycles. The summed E-state index contributed by atoms with van der Waals surface area (Å²) in [6.45, 7) is 0. The Bertz CT molecular complexity index is 237. The van der Waals surface area contributed by atoms with Crippen molar-refractivity contribution in [1.29, 1.82) is 0 Å². The molecule has 1 aromatic rings. The van der Waals surface area contributed by atoms with Gasteiger partial charge in [-0.1, -0.05) is 12.3 Å². The number of hydrogen-bond acceptors (Lipinski definition) is 3. The van der Waals surface area contributed by atoms with Crippen molar-refractivity contribution in [1.82, 2.24) is 4.98 Å². The van der Waals surface area contributed by atoms with E-state index in [0.29, 0.717) is 5.56 Å². The minimum absolute atomic E-state index is 0. The Morgan fingerprint density at radius 2 is 2.33 bits per heavy atom. The Kier molecular flexibility index (Phi) is 6.83. The SMILES string of the molecule is CSCc1ccc([C-]=O)cn1.[U]. The number of carbonyl (C=O) groups excluding carboxylic acids is 1. The molecule has 0 saturated heterocycles. The molecule has 1 rings (SSSR count). The number of thioether (sulfide) groups is 1. The molecule has 0 spiro atoms. The fraction of sp³-hybridized carbons (Fsp3) is 0.250. The first-order valence-electron chi connectivity index (χ1n) is 3.19. The zero-order valence-electron chi connectivity index (χ0n) is 6.70. The second kappa shape index (κ2) is 6.71. The van der Waals surface area contributed by atoms with Gasteiger partial charge in [-0.3, -0.25) is 0 Å². The Morgan fingerprint density at radius 3 is 2.75 bits per heavy atom. The quantitative estimate of drug-likeness (QED) is 0.714. The molecule has 62 valence electrons. The molecule has 2 nitrogen and oxygen atoms in total. The van der Waals surface area contributed by atoms with E-state index in [0.717, 1.165) is 11.4 Å². The van der Waals surface area contributed by atoms with Crippen LogP contribution in [0.3, 0.4) is 0 Å². The van der Waals surface area contributed by atoms with Gasteiger partial charge in [-0.05, 0) is 6.26 Å². The van der Waals surface area contributed by atoms with E-state index in [9.17, 15) is 4.79 Å². The zero-order valence-corrected chi connectivity index (χ0v) is 11.7. The first kappa shape index (κ1) is 12.2. The van der Waals surface area contributed by atoms with E-state index in [-0.39, 0.29) is 31.1 Å². The summed E-state index contributed by atoms with van der Waals surface area (Å²) in [6, 6.07) is 3.57. The van der Waals surface area contributed by atoms with Crippen molar-refractivity contribution in [2.24, 2.45) is 0 Å². The molecule has 0 aromatic carbocycles. The predicted octanol–water partition coefficient (Wildman–Crippen LogP) is 1.40. The molecule has 0 radical (unpaired) electrons. The molecule has 0 amide bonds. The van der Waals surface area contributed by atoms with Crippen molar-refractivity contribution < 1.29 is 35.9 Å². The Balaban J connectivity index is 0.00000121. The third kappa shape index (κ3) is 3.75. The number of pyridine rings is 1. The van der Waals surface area contributed by atoms with Crippen LogP contribution in [0.5, 0.6) is 0 Å². The van der Waals surface area contributed by atoms with Crippen molar-refractivity contribution >= 4 is 18.0 Å². The third-order valence-corrected chi connectivity index (χ3v) is 1.82. The minimum atomic E-state index is 0. The van der Waals surface area contributed by atoms with E-state index in [4.69, 9.17) is 0 Å². The molecule has 0 fully saturated rings. The van der Waals surface area contributed by atoms with E-state index in [1.807, 2.05) is 12.3 Å². The Labute approximate surface area is 99.9 Å². The smallest absolute Gasteiger partial charge is 0.0641 e. The van der Waals surface area contributed by atoms with Crippen LogP contribution in [0.15, 0.2) is 18.3 Å². The fourth-order valence-corrected chi connectivity index (χ4v) is 1.18. The van der Waals surface area contributed by atoms with Gasteiger partial charge in [0.1, 0.15) is 0 Å². The molecule has 0 aliphatic heterocycles. The summed E-state index contributed by atoms with van der Waals surface area (Å²) in [5, 5.41) is 0. The average molecular weight is 404 g/mol. The molecule has 0 unspecified atom stereocenters. The van der Waals surface area contributed by atoms with Gasteiger partial charge in [-0.25, -0.2) is 0 Å². The van der Waals surface area contributed by atoms with Gasteiger partial charge in [0.2, 0.25) is 0 Å². The Hall–Kier alpha value is 0.222. The van der Waals surface area contributed by atoms with Gasteiger partial charge in [0.05, 0.1) is 6.29 Å². The molecular weight excluding hydrogens is 396 g/mol. The topological polar surface area (TPSA) is 30.0 Å². The van der Waals surface area contributed by atoms with Crippen molar-refractivity contribution in [3.63, 3.8) is 0 Å². The zero-order chi connectivity index (χ0) is 8.10. The van der Waals surface area contributed by atoms with Crippen molar-refractivity contribution in [3.05, 3.63) is 29.6 Å². The van der Waals surface area contributed by atoms with Crippen molar-refractivity contribution in [2.45, 2.75) is 5.75 Å². The van der Waals surface area contributed by atoms with E-state index < -0.39 is 0 Å². The van der Waals surface area contributed by atoms with Gasteiger partial charge in [0.15, 0.2) is 0 Å².